The minimum atomic E-state index is -4.51. The first-order chi connectivity index (χ1) is 8.82. The lowest BCUT2D eigenvalue weighted by Gasteiger charge is -2.20. The van der Waals surface area contributed by atoms with E-state index in [9.17, 15) is 18.3 Å². The van der Waals surface area contributed by atoms with Gasteiger partial charge in [0, 0.05) is 10.5 Å². The summed E-state index contributed by atoms with van der Waals surface area (Å²) in [4.78, 5) is 0. The van der Waals surface area contributed by atoms with Crippen LogP contribution in [0.2, 0.25) is 0 Å². The molecule has 20 heavy (non-hydrogen) atoms. The smallest absolute Gasteiger partial charge is 0.397 e. The van der Waals surface area contributed by atoms with E-state index in [2.05, 4.69) is 21.2 Å². The summed E-state index contributed by atoms with van der Waals surface area (Å²) in [6.07, 6.45) is -2.54. The van der Waals surface area contributed by atoms with E-state index >= 15 is 0 Å². The zero-order valence-corrected chi connectivity index (χ0v) is 12.8. The summed E-state index contributed by atoms with van der Waals surface area (Å²) in [6.45, 7) is -0.260. The number of hydrogen-bond donors (Lipinski definition) is 3. The summed E-state index contributed by atoms with van der Waals surface area (Å²) in [6, 6.07) is 2.28. The van der Waals surface area contributed by atoms with Crippen LogP contribution in [0.5, 0.6) is 0 Å². The molecule has 1 fully saturated rings. The van der Waals surface area contributed by atoms with Gasteiger partial charge in [-0.15, -0.1) is 12.4 Å². The molecule has 0 amide bonds. The Hall–Kier alpha value is -0.500. The molecule has 0 bridgehead atoms. The molecule has 0 aliphatic heterocycles. The number of nitrogens with one attached hydrogen (secondary N) is 1. The molecule has 0 saturated heterocycles. The Balaban J connectivity index is 0.00000200. The van der Waals surface area contributed by atoms with E-state index in [1.54, 1.807) is 0 Å². The minimum absolute atomic E-state index is 0. The van der Waals surface area contributed by atoms with Crippen molar-refractivity contribution >= 4 is 34.0 Å². The lowest BCUT2D eigenvalue weighted by atomic mass is 10.0. The highest BCUT2D eigenvalue weighted by molar-refractivity contribution is 9.10. The molecule has 1 aliphatic carbocycles. The molecular weight excluding hydrogens is 360 g/mol. The summed E-state index contributed by atoms with van der Waals surface area (Å²) in [5.74, 6) is 0. The maximum absolute atomic E-state index is 12.9. The number of halogens is 5. The molecule has 0 aromatic heterocycles. The van der Waals surface area contributed by atoms with Gasteiger partial charge in [-0.1, -0.05) is 0 Å². The van der Waals surface area contributed by atoms with Crippen molar-refractivity contribution in [3.63, 3.8) is 0 Å². The molecule has 1 aliphatic rings. The zero-order chi connectivity index (χ0) is 14.2. The van der Waals surface area contributed by atoms with Crippen molar-refractivity contribution in [2.24, 2.45) is 0 Å². The molecule has 4 N–H and O–H groups in total. The van der Waals surface area contributed by atoms with Gasteiger partial charge in [-0.3, -0.25) is 0 Å². The van der Waals surface area contributed by atoms with Crippen LogP contribution in [0, 0.1) is 0 Å². The van der Waals surface area contributed by atoms with Crippen LogP contribution in [0.15, 0.2) is 16.6 Å². The molecule has 8 heteroatoms. The monoisotopic (exact) mass is 374 g/mol. The van der Waals surface area contributed by atoms with Gasteiger partial charge in [0.05, 0.1) is 23.9 Å². The van der Waals surface area contributed by atoms with E-state index in [1.807, 2.05) is 0 Å². The first-order valence-electron chi connectivity index (χ1n) is 5.86. The number of rotatable bonds is 4. The molecule has 0 spiro atoms. The molecule has 1 saturated carbocycles. The molecule has 0 heterocycles. The molecule has 3 nitrogen and oxygen atoms in total. The number of aliphatic hydroxyl groups excluding tert-OH is 1. The molecule has 1 aromatic rings. The van der Waals surface area contributed by atoms with Gasteiger partial charge < -0.3 is 16.2 Å². The van der Waals surface area contributed by atoms with Crippen molar-refractivity contribution in [1.29, 1.82) is 0 Å². The predicted octanol–water partition coefficient (Wildman–Crippen LogP) is 3.26. The van der Waals surface area contributed by atoms with Crippen LogP contribution in [0.1, 0.15) is 30.0 Å². The first kappa shape index (κ1) is 17.6. The average molecular weight is 376 g/mol. The molecule has 2 rings (SSSR count). The fraction of sp³-hybridized carbons (Fsp3) is 0.500. The third-order valence-electron chi connectivity index (χ3n) is 3.06. The average Bonchev–Trinajstić information content (AvgIpc) is 3.12. The van der Waals surface area contributed by atoms with Gasteiger partial charge in [0.2, 0.25) is 0 Å². The molecular formula is C12H15BrClF3N2O. The first-order valence-corrected chi connectivity index (χ1v) is 6.65. The zero-order valence-electron chi connectivity index (χ0n) is 10.4. The second kappa shape index (κ2) is 6.51. The third kappa shape index (κ3) is 4.00. The van der Waals surface area contributed by atoms with Crippen molar-refractivity contribution in [2.75, 3.05) is 12.3 Å². The Labute approximate surface area is 129 Å². The van der Waals surface area contributed by atoms with Crippen LogP contribution in [-0.4, -0.2) is 17.8 Å². The SMILES string of the molecule is Cl.Nc1c(Br)cc(C(CO)NC2CC2)cc1C(F)(F)F. The van der Waals surface area contributed by atoms with Gasteiger partial charge in [-0.25, -0.2) is 0 Å². The van der Waals surface area contributed by atoms with Gasteiger partial charge in [0.1, 0.15) is 0 Å². The number of benzene rings is 1. The minimum Gasteiger partial charge on any atom is -0.397 e. The highest BCUT2D eigenvalue weighted by Gasteiger charge is 2.35. The van der Waals surface area contributed by atoms with Crippen molar-refractivity contribution in [1.82, 2.24) is 5.32 Å². The van der Waals surface area contributed by atoms with E-state index in [4.69, 9.17) is 5.73 Å². The number of aliphatic hydroxyl groups is 1. The van der Waals surface area contributed by atoms with Crippen molar-refractivity contribution in [2.45, 2.75) is 31.1 Å². The van der Waals surface area contributed by atoms with Crippen molar-refractivity contribution in [3.8, 4) is 0 Å². The molecule has 1 atom stereocenters. The Kier molecular flexibility index (Phi) is 5.71. The lowest BCUT2D eigenvalue weighted by molar-refractivity contribution is -0.137. The number of alkyl halides is 3. The Morgan fingerprint density at radius 3 is 2.45 bits per heavy atom. The van der Waals surface area contributed by atoms with Gasteiger partial charge in [-0.05, 0) is 46.5 Å². The highest BCUT2D eigenvalue weighted by Crippen LogP contribution is 2.39. The number of nitrogen functional groups attached to an aromatic ring is 1. The van der Waals surface area contributed by atoms with Crippen molar-refractivity contribution < 1.29 is 18.3 Å². The quantitative estimate of drug-likeness (QED) is 0.708. The van der Waals surface area contributed by atoms with E-state index in [-0.39, 0.29) is 35.2 Å². The lowest BCUT2D eigenvalue weighted by Crippen LogP contribution is -2.27. The number of hydrogen-bond acceptors (Lipinski definition) is 3. The summed E-state index contributed by atoms with van der Waals surface area (Å²) < 4.78 is 38.8. The van der Waals surface area contributed by atoms with Crippen LogP contribution in [-0.2, 0) is 6.18 Å². The van der Waals surface area contributed by atoms with Gasteiger partial charge in [0.25, 0.3) is 0 Å². The third-order valence-corrected chi connectivity index (χ3v) is 3.71. The molecule has 0 radical (unpaired) electrons. The summed E-state index contributed by atoms with van der Waals surface area (Å²) >= 11 is 3.03. The summed E-state index contributed by atoms with van der Waals surface area (Å²) in [7, 11) is 0. The van der Waals surface area contributed by atoms with Crippen LogP contribution < -0.4 is 11.1 Å². The fourth-order valence-corrected chi connectivity index (χ4v) is 2.34. The summed E-state index contributed by atoms with van der Waals surface area (Å²) in [5.41, 5.74) is 4.61. The number of nitrogens with two attached hydrogens (primary N) is 1. The second-order valence-electron chi connectivity index (χ2n) is 4.64. The number of anilines is 1. The fourth-order valence-electron chi connectivity index (χ4n) is 1.86. The van der Waals surface area contributed by atoms with Gasteiger partial charge in [0.15, 0.2) is 0 Å². The summed E-state index contributed by atoms with van der Waals surface area (Å²) in [5, 5.41) is 12.4. The van der Waals surface area contributed by atoms with E-state index in [1.165, 1.54) is 6.07 Å². The maximum atomic E-state index is 12.9. The maximum Gasteiger partial charge on any atom is 0.418 e. The van der Waals surface area contributed by atoms with Crippen molar-refractivity contribution in [3.05, 3.63) is 27.7 Å². The Morgan fingerprint density at radius 1 is 1.40 bits per heavy atom. The largest absolute Gasteiger partial charge is 0.418 e. The standard InChI is InChI=1S/C12H14BrF3N2O.ClH/c13-9-4-6(10(5-19)18-7-1-2-7)3-8(11(9)17)12(14,15)16;/h3-4,7,10,18-19H,1-2,5,17H2;1H. The molecule has 114 valence electrons. The van der Waals surface area contributed by atoms with Gasteiger partial charge >= 0.3 is 6.18 Å². The molecule has 1 aromatic carbocycles. The van der Waals surface area contributed by atoms with Gasteiger partial charge in [-0.2, -0.15) is 13.2 Å². The highest BCUT2D eigenvalue weighted by atomic mass is 79.9. The van der Waals surface area contributed by atoms with Crippen LogP contribution in [0.4, 0.5) is 18.9 Å². The van der Waals surface area contributed by atoms with E-state index < -0.39 is 17.8 Å². The van der Waals surface area contributed by atoms with E-state index in [0.717, 1.165) is 18.9 Å². The second-order valence-corrected chi connectivity index (χ2v) is 5.49. The van der Waals surface area contributed by atoms with Crippen LogP contribution in [0.25, 0.3) is 0 Å². The topological polar surface area (TPSA) is 58.3 Å². The molecule has 1 unspecified atom stereocenters. The Morgan fingerprint density at radius 2 is 2.00 bits per heavy atom. The van der Waals surface area contributed by atoms with Crippen LogP contribution >= 0.6 is 28.3 Å². The predicted molar refractivity (Wildman–Crippen MR) is 76.8 cm³/mol. The van der Waals surface area contributed by atoms with E-state index in [0.29, 0.717) is 5.56 Å². The van der Waals surface area contributed by atoms with Crippen LogP contribution in [0.3, 0.4) is 0 Å². The normalized spacial score (nSPS) is 16.6. The Bertz CT molecular complexity index is 481.